The second-order valence-electron chi connectivity index (χ2n) is 5.72. The molecule has 0 fully saturated rings. The van der Waals surface area contributed by atoms with Crippen LogP contribution in [0.4, 0.5) is 0 Å². The first-order valence-corrected chi connectivity index (χ1v) is 5.95. The molecule has 0 aromatic heterocycles. The zero-order valence-electron chi connectivity index (χ0n) is 10.3. The van der Waals surface area contributed by atoms with Crippen LogP contribution in [0.25, 0.3) is 0 Å². The molecule has 0 aliphatic carbocycles. The minimum Gasteiger partial charge on any atom is -0.0654 e. The van der Waals surface area contributed by atoms with Gasteiger partial charge in [0.25, 0.3) is 0 Å². The van der Waals surface area contributed by atoms with E-state index in [9.17, 15) is 0 Å². The fourth-order valence-electron chi connectivity index (χ4n) is 2.07. The molecule has 0 heterocycles. The largest absolute Gasteiger partial charge is 0.0654 e. The lowest BCUT2D eigenvalue weighted by molar-refractivity contribution is 0.291. The van der Waals surface area contributed by atoms with Crippen molar-refractivity contribution in [2.24, 2.45) is 11.3 Å². The summed E-state index contributed by atoms with van der Waals surface area (Å²) in [5, 5.41) is 0. The monoisotopic (exact) mass is 184 g/mol. The van der Waals surface area contributed by atoms with Gasteiger partial charge in [-0.1, -0.05) is 66.7 Å². The highest BCUT2D eigenvalue weighted by atomic mass is 14.2. The quantitative estimate of drug-likeness (QED) is 0.508. The van der Waals surface area contributed by atoms with Crippen LogP contribution in [0.5, 0.6) is 0 Å². The van der Waals surface area contributed by atoms with Gasteiger partial charge < -0.3 is 0 Å². The summed E-state index contributed by atoms with van der Waals surface area (Å²) in [6.45, 7) is 11.7. The third-order valence-corrected chi connectivity index (χ3v) is 2.51. The van der Waals surface area contributed by atoms with Crippen molar-refractivity contribution in [3.8, 4) is 0 Å². The normalized spacial score (nSPS) is 14.5. The van der Waals surface area contributed by atoms with Gasteiger partial charge in [-0.15, -0.1) is 0 Å². The van der Waals surface area contributed by atoms with Crippen LogP contribution in [0.1, 0.15) is 73.1 Å². The Balaban J connectivity index is 3.35. The fourth-order valence-corrected chi connectivity index (χ4v) is 2.07. The van der Waals surface area contributed by atoms with Crippen LogP contribution in [0.2, 0.25) is 0 Å². The molecule has 0 aliphatic heterocycles. The molecule has 0 nitrogen and oxygen atoms in total. The SMILES string of the molecule is CCCCCCC(C)CC(C)(C)C. The minimum atomic E-state index is 0.518. The highest BCUT2D eigenvalue weighted by molar-refractivity contribution is 4.66. The van der Waals surface area contributed by atoms with Gasteiger partial charge in [0.05, 0.1) is 0 Å². The van der Waals surface area contributed by atoms with E-state index >= 15 is 0 Å². The lowest BCUT2D eigenvalue weighted by Crippen LogP contribution is -2.10. The molecule has 0 heteroatoms. The molecule has 0 spiro atoms. The molecule has 0 aromatic carbocycles. The number of hydrogen-bond acceptors (Lipinski definition) is 0. The number of hydrogen-bond donors (Lipinski definition) is 0. The highest BCUT2D eigenvalue weighted by Crippen LogP contribution is 2.27. The molecule has 0 aromatic rings. The average molecular weight is 184 g/mol. The maximum Gasteiger partial charge on any atom is -0.0380 e. The van der Waals surface area contributed by atoms with Gasteiger partial charge in [0.1, 0.15) is 0 Å². The van der Waals surface area contributed by atoms with Gasteiger partial charge in [-0.2, -0.15) is 0 Å². The first-order chi connectivity index (χ1) is 5.95. The summed E-state index contributed by atoms with van der Waals surface area (Å²) in [4.78, 5) is 0. The summed E-state index contributed by atoms with van der Waals surface area (Å²) in [6.07, 6.45) is 8.45. The Kier molecular flexibility index (Phi) is 6.45. The smallest absolute Gasteiger partial charge is 0.0380 e. The standard InChI is InChI=1S/C13H28/c1-6-7-8-9-10-12(2)11-13(3,4)5/h12H,6-11H2,1-5H3. The van der Waals surface area contributed by atoms with Gasteiger partial charge in [-0.25, -0.2) is 0 Å². The predicted octanol–water partition coefficient (Wildman–Crippen LogP) is 5.03. The lowest BCUT2D eigenvalue weighted by Gasteiger charge is -2.23. The van der Waals surface area contributed by atoms with Crippen molar-refractivity contribution in [1.82, 2.24) is 0 Å². The van der Waals surface area contributed by atoms with Crippen molar-refractivity contribution in [2.75, 3.05) is 0 Å². The molecule has 0 rings (SSSR count). The van der Waals surface area contributed by atoms with Crippen molar-refractivity contribution in [2.45, 2.75) is 73.1 Å². The van der Waals surface area contributed by atoms with Crippen LogP contribution < -0.4 is 0 Å². The molecule has 0 N–H and O–H groups in total. The second-order valence-corrected chi connectivity index (χ2v) is 5.72. The van der Waals surface area contributed by atoms with Crippen LogP contribution in [0.3, 0.4) is 0 Å². The summed E-state index contributed by atoms with van der Waals surface area (Å²) in [5.41, 5.74) is 0.518. The Bertz CT molecular complexity index is 108. The van der Waals surface area contributed by atoms with E-state index in [-0.39, 0.29) is 0 Å². The third kappa shape index (κ3) is 9.92. The van der Waals surface area contributed by atoms with Gasteiger partial charge in [0.2, 0.25) is 0 Å². The molecular formula is C13H28. The molecule has 0 saturated heterocycles. The molecule has 1 unspecified atom stereocenters. The van der Waals surface area contributed by atoms with Crippen molar-refractivity contribution in [1.29, 1.82) is 0 Å². The maximum atomic E-state index is 2.40. The Morgan fingerprint density at radius 1 is 1.00 bits per heavy atom. The van der Waals surface area contributed by atoms with Crippen molar-refractivity contribution < 1.29 is 0 Å². The summed E-state index contributed by atoms with van der Waals surface area (Å²) >= 11 is 0. The molecule has 0 amide bonds. The molecule has 0 bridgehead atoms. The number of rotatable bonds is 6. The van der Waals surface area contributed by atoms with E-state index in [0.29, 0.717) is 5.41 Å². The zero-order valence-corrected chi connectivity index (χ0v) is 10.3. The van der Waals surface area contributed by atoms with E-state index in [4.69, 9.17) is 0 Å². The average Bonchev–Trinajstić information content (AvgIpc) is 1.94. The first kappa shape index (κ1) is 13.0. The third-order valence-electron chi connectivity index (χ3n) is 2.51. The Morgan fingerprint density at radius 2 is 1.62 bits per heavy atom. The predicted molar refractivity (Wildman–Crippen MR) is 62.0 cm³/mol. The van der Waals surface area contributed by atoms with E-state index in [1.165, 1.54) is 38.5 Å². The van der Waals surface area contributed by atoms with Gasteiger partial charge in [-0.05, 0) is 17.8 Å². The Hall–Kier alpha value is 0. The van der Waals surface area contributed by atoms with Crippen LogP contribution in [-0.4, -0.2) is 0 Å². The van der Waals surface area contributed by atoms with Crippen molar-refractivity contribution in [3.05, 3.63) is 0 Å². The minimum absolute atomic E-state index is 0.518. The Labute approximate surface area is 85.1 Å². The molecule has 0 radical (unpaired) electrons. The molecule has 80 valence electrons. The molecule has 0 saturated carbocycles. The zero-order chi connectivity index (χ0) is 10.3. The van der Waals surface area contributed by atoms with Gasteiger partial charge >= 0.3 is 0 Å². The van der Waals surface area contributed by atoms with E-state index in [1.807, 2.05) is 0 Å². The van der Waals surface area contributed by atoms with Gasteiger partial charge in [-0.3, -0.25) is 0 Å². The molecule has 1 atom stereocenters. The van der Waals surface area contributed by atoms with E-state index in [2.05, 4.69) is 34.6 Å². The van der Waals surface area contributed by atoms with Crippen molar-refractivity contribution in [3.63, 3.8) is 0 Å². The lowest BCUT2D eigenvalue weighted by atomic mass is 9.83. The molecule has 13 heavy (non-hydrogen) atoms. The Morgan fingerprint density at radius 3 is 2.08 bits per heavy atom. The second kappa shape index (κ2) is 6.45. The van der Waals surface area contributed by atoms with Crippen LogP contribution in [0.15, 0.2) is 0 Å². The summed E-state index contributed by atoms with van der Waals surface area (Å²) in [5.74, 6) is 0.914. The van der Waals surface area contributed by atoms with Gasteiger partial charge in [0, 0.05) is 0 Å². The maximum absolute atomic E-state index is 2.40. The van der Waals surface area contributed by atoms with Crippen LogP contribution in [-0.2, 0) is 0 Å². The van der Waals surface area contributed by atoms with Crippen molar-refractivity contribution >= 4 is 0 Å². The topological polar surface area (TPSA) is 0 Å². The summed E-state index contributed by atoms with van der Waals surface area (Å²) in [6, 6.07) is 0. The summed E-state index contributed by atoms with van der Waals surface area (Å²) < 4.78 is 0. The fraction of sp³-hybridized carbons (Fsp3) is 1.00. The number of unbranched alkanes of at least 4 members (excludes halogenated alkanes) is 3. The molecule has 0 aliphatic rings. The van der Waals surface area contributed by atoms with Crippen LogP contribution in [0, 0.1) is 11.3 Å². The van der Waals surface area contributed by atoms with E-state index < -0.39 is 0 Å². The van der Waals surface area contributed by atoms with E-state index in [1.54, 1.807) is 0 Å². The summed E-state index contributed by atoms with van der Waals surface area (Å²) in [7, 11) is 0. The van der Waals surface area contributed by atoms with E-state index in [0.717, 1.165) is 5.92 Å². The molecular weight excluding hydrogens is 156 g/mol. The van der Waals surface area contributed by atoms with Crippen LogP contribution >= 0.6 is 0 Å². The first-order valence-electron chi connectivity index (χ1n) is 5.95. The van der Waals surface area contributed by atoms with Gasteiger partial charge in [0.15, 0.2) is 0 Å². The highest BCUT2D eigenvalue weighted by Gasteiger charge is 2.14.